The summed E-state index contributed by atoms with van der Waals surface area (Å²) < 4.78 is 0. The number of halogens is 1. The minimum Gasteiger partial charge on any atom is -0.508 e. The average molecular weight is 265 g/mol. The summed E-state index contributed by atoms with van der Waals surface area (Å²) in [5, 5.41) is 21.5. The number of nitrogens with zero attached hydrogens (tertiary/aromatic N) is 1. The minimum absolute atomic E-state index is 0.0586. The van der Waals surface area contributed by atoms with Gasteiger partial charge in [0.15, 0.2) is 5.82 Å². The smallest absolute Gasteiger partial charge is 0.260 e. The van der Waals surface area contributed by atoms with Gasteiger partial charge in [-0.3, -0.25) is 4.79 Å². The summed E-state index contributed by atoms with van der Waals surface area (Å²) in [6.07, 6.45) is 1.48. The third kappa shape index (κ3) is 2.52. The first-order valence-corrected chi connectivity index (χ1v) is 5.39. The van der Waals surface area contributed by atoms with Crippen LogP contribution in [-0.2, 0) is 0 Å². The number of hydrogen-bond donors (Lipinski definition) is 3. The van der Waals surface area contributed by atoms with Crippen LogP contribution in [0.3, 0.4) is 0 Å². The van der Waals surface area contributed by atoms with E-state index in [0.717, 1.165) is 6.07 Å². The molecule has 2 rings (SSSR count). The van der Waals surface area contributed by atoms with Gasteiger partial charge in [-0.05, 0) is 30.3 Å². The zero-order valence-corrected chi connectivity index (χ0v) is 9.85. The van der Waals surface area contributed by atoms with Gasteiger partial charge in [-0.25, -0.2) is 4.98 Å². The van der Waals surface area contributed by atoms with Gasteiger partial charge in [-0.1, -0.05) is 11.6 Å². The molecule has 0 aliphatic carbocycles. The quantitative estimate of drug-likeness (QED) is 0.728. The Hall–Kier alpha value is -2.27. The Morgan fingerprint density at radius 2 is 2.06 bits per heavy atom. The van der Waals surface area contributed by atoms with E-state index in [1.165, 1.54) is 18.3 Å². The number of carbonyl (C=O) groups is 1. The zero-order valence-electron chi connectivity index (χ0n) is 9.09. The van der Waals surface area contributed by atoms with Gasteiger partial charge in [-0.2, -0.15) is 0 Å². The standard InChI is InChI=1S/C12H9ClN2O3/c13-9-2-1-5-14-11(9)15-12(18)8-6-7(16)3-4-10(8)17/h1-6,16-17H,(H,14,15,18). The van der Waals surface area contributed by atoms with Crippen molar-refractivity contribution < 1.29 is 15.0 Å². The fourth-order valence-corrected chi connectivity index (χ4v) is 1.53. The second-order valence-corrected chi connectivity index (χ2v) is 3.90. The topological polar surface area (TPSA) is 82.5 Å². The molecular weight excluding hydrogens is 256 g/mol. The van der Waals surface area contributed by atoms with Gasteiger partial charge in [-0.15, -0.1) is 0 Å². The summed E-state index contributed by atoms with van der Waals surface area (Å²) in [4.78, 5) is 15.7. The second-order valence-electron chi connectivity index (χ2n) is 3.49. The van der Waals surface area contributed by atoms with Crippen LogP contribution in [-0.4, -0.2) is 21.1 Å². The number of phenols is 2. The van der Waals surface area contributed by atoms with Crippen molar-refractivity contribution in [3.05, 3.63) is 47.1 Å². The second kappa shape index (κ2) is 4.93. The number of benzene rings is 1. The molecule has 6 heteroatoms. The highest BCUT2D eigenvalue weighted by Crippen LogP contribution is 2.24. The SMILES string of the molecule is O=C(Nc1ncccc1Cl)c1cc(O)ccc1O. The molecule has 0 aliphatic rings. The van der Waals surface area contributed by atoms with E-state index >= 15 is 0 Å². The van der Waals surface area contributed by atoms with Crippen LogP contribution in [0.1, 0.15) is 10.4 Å². The molecule has 5 nitrogen and oxygen atoms in total. The third-order valence-corrected chi connectivity index (χ3v) is 2.52. The Kier molecular flexibility index (Phi) is 3.34. The first-order valence-electron chi connectivity index (χ1n) is 5.02. The maximum Gasteiger partial charge on any atom is 0.260 e. The van der Waals surface area contributed by atoms with Crippen LogP contribution in [0.25, 0.3) is 0 Å². The van der Waals surface area contributed by atoms with E-state index in [2.05, 4.69) is 10.3 Å². The van der Waals surface area contributed by atoms with Gasteiger partial charge in [0.1, 0.15) is 11.5 Å². The number of aromatic hydroxyl groups is 2. The maximum atomic E-state index is 11.9. The molecule has 0 fully saturated rings. The van der Waals surface area contributed by atoms with Crippen molar-refractivity contribution >= 4 is 23.3 Å². The van der Waals surface area contributed by atoms with Crippen molar-refractivity contribution in [2.24, 2.45) is 0 Å². The number of amides is 1. The highest BCUT2D eigenvalue weighted by molar-refractivity contribution is 6.33. The lowest BCUT2D eigenvalue weighted by Gasteiger charge is -2.07. The highest BCUT2D eigenvalue weighted by Gasteiger charge is 2.13. The summed E-state index contributed by atoms with van der Waals surface area (Å²) in [6.45, 7) is 0. The molecule has 1 aromatic carbocycles. The number of carbonyl (C=O) groups excluding carboxylic acids is 1. The molecule has 18 heavy (non-hydrogen) atoms. The van der Waals surface area contributed by atoms with Crippen molar-refractivity contribution in [1.29, 1.82) is 0 Å². The zero-order chi connectivity index (χ0) is 13.1. The van der Waals surface area contributed by atoms with E-state index in [1.54, 1.807) is 12.1 Å². The molecule has 2 aromatic rings. The molecule has 92 valence electrons. The Bertz CT molecular complexity index is 602. The predicted octanol–water partition coefficient (Wildman–Crippen LogP) is 2.40. The monoisotopic (exact) mass is 264 g/mol. The summed E-state index contributed by atoms with van der Waals surface area (Å²) in [6, 6.07) is 6.86. The number of pyridine rings is 1. The molecule has 0 saturated carbocycles. The Morgan fingerprint density at radius 1 is 1.28 bits per heavy atom. The van der Waals surface area contributed by atoms with Gasteiger partial charge in [0.05, 0.1) is 10.6 Å². The van der Waals surface area contributed by atoms with Gasteiger partial charge in [0, 0.05) is 6.20 Å². The fraction of sp³-hybridized carbons (Fsp3) is 0. The molecule has 3 N–H and O–H groups in total. The van der Waals surface area contributed by atoms with Crippen molar-refractivity contribution in [2.75, 3.05) is 5.32 Å². The molecule has 1 heterocycles. The van der Waals surface area contributed by atoms with E-state index in [9.17, 15) is 15.0 Å². The minimum atomic E-state index is -0.607. The van der Waals surface area contributed by atoms with Gasteiger partial charge >= 0.3 is 0 Å². The van der Waals surface area contributed by atoms with Gasteiger partial charge in [0.2, 0.25) is 0 Å². The van der Waals surface area contributed by atoms with Crippen LogP contribution in [0.4, 0.5) is 5.82 Å². The lowest BCUT2D eigenvalue weighted by atomic mass is 10.2. The van der Waals surface area contributed by atoms with Crippen LogP contribution in [0, 0.1) is 0 Å². The largest absolute Gasteiger partial charge is 0.508 e. The van der Waals surface area contributed by atoms with E-state index < -0.39 is 5.91 Å². The molecule has 0 radical (unpaired) electrons. The Morgan fingerprint density at radius 3 is 2.78 bits per heavy atom. The highest BCUT2D eigenvalue weighted by atomic mass is 35.5. The van der Waals surface area contributed by atoms with E-state index in [0.29, 0.717) is 0 Å². The lowest BCUT2D eigenvalue weighted by Crippen LogP contribution is -2.13. The van der Waals surface area contributed by atoms with Crippen molar-refractivity contribution in [3.63, 3.8) is 0 Å². The number of aromatic nitrogens is 1. The van der Waals surface area contributed by atoms with E-state index in [-0.39, 0.29) is 27.9 Å². The molecule has 0 bridgehead atoms. The predicted molar refractivity (Wildman–Crippen MR) is 67.0 cm³/mol. The number of hydrogen-bond acceptors (Lipinski definition) is 4. The first-order chi connectivity index (χ1) is 8.58. The molecule has 0 saturated heterocycles. The normalized spacial score (nSPS) is 10.1. The Labute approximate surface area is 108 Å². The van der Waals surface area contributed by atoms with Crippen LogP contribution in [0.5, 0.6) is 11.5 Å². The van der Waals surface area contributed by atoms with Crippen molar-refractivity contribution in [3.8, 4) is 11.5 Å². The molecule has 1 amide bonds. The maximum absolute atomic E-state index is 11.9. The van der Waals surface area contributed by atoms with Crippen LogP contribution in [0.15, 0.2) is 36.5 Å². The van der Waals surface area contributed by atoms with Crippen LogP contribution in [0.2, 0.25) is 5.02 Å². The van der Waals surface area contributed by atoms with Crippen molar-refractivity contribution in [2.45, 2.75) is 0 Å². The summed E-state index contributed by atoms with van der Waals surface area (Å²) >= 11 is 5.84. The van der Waals surface area contributed by atoms with Gasteiger partial charge < -0.3 is 15.5 Å². The molecular formula is C12H9ClN2O3. The lowest BCUT2D eigenvalue weighted by molar-refractivity contribution is 0.102. The van der Waals surface area contributed by atoms with Crippen molar-refractivity contribution in [1.82, 2.24) is 4.98 Å². The number of nitrogens with one attached hydrogen (secondary N) is 1. The number of anilines is 1. The third-order valence-electron chi connectivity index (χ3n) is 2.22. The summed E-state index contributed by atoms with van der Waals surface area (Å²) in [5.41, 5.74) is -0.0586. The van der Waals surface area contributed by atoms with Gasteiger partial charge in [0.25, 0.3) is 5.91 Å². The molecule has 0 spiro atoms. The summed E-state index contributed by atoms with van der Waals surface area (Å²) in [5.74, 6) is -0.779. The average Bonchev–Trinajstić information content (AvgIpc) is 2.35. The number of rotatable bonds is 2. The molecule has 0 aliphatic heterocycles. The fourth-order valence-electron chi connectivity index (χ4n) is 1.36. The Balaban J connectivity index is 2.28. The van der Waals surface area contributed by atoms with E-state index in [4.69, 9.17) is 11.6 Å². The summed E-state index contributed by atoms with van der Waals surface area (Å²) in [7, 11) is 0. The first kappa shape index (κ1) is 12.2. The molecule has 1 aromatic heterocycles. The molecule has 0 unspecified atom stereocenters. The van der Waals surface area contributed by atoms with Crippen LogP contribution < -0.4 is 5.32 Å². The molecule has 0 atom stereocenters. The van der Waals surface area contributed by atoms with E-state index in [1.807, 2.05) is 0 Å². The number of phenolic OH excluding ortho intramolecular Hbond substituents is 2. The van der Waals surface area contributed by atoms with Crippen LogP contribution >= 0.6 is 11.6 Å².